The van der Waals surface area contributed by atoms with Crippen molar-refractivity contribution in [1.29, 1.82) is 0 Å². The maximum atomic E-state index is 13.8. The molecule has 0 unspecified atom stereocenters. The second kappa shape index (κ2) is 11.8. The Labute approximate surface area is 284 Å². The number of nitrogens with zero attached hydrogens (tertiary/aromatic N) is 6. The van der Waals surface area contributed by atoms with Gasteiger partial charge >= 0.3 is 0 Å². The summed E-state index contributed by atoms with van der Waals surface area (Å²) in [6.45, 7) is 0. The zero-order valence-corrected chi connectivity index (χ0v) is 26.4. The molecule has 4 aromatic heterocycles. The van der Waals surface area contributed by atoms with Gasteiger partial charge in [0.15, 0.2) is 0 Å². The fourth-order valence-electron chi connectivity index (χ4n) is 6.38. The first kappa shape index (κ1) is 29.0. The van der Waals surface area contributed by atoms with Crippen LogP contribution < -0.4 is 10.6 Å². The monoisotopic (exact) mass is 650 g/mol. The fraction of sp³-hybridized carbons (Fsp3) is 0. The molecule has 0 fully saturated rings. The van der Waals surface area contributed by atoms with E-state index >= 15 is 0 Å². The van der Waals surface area contributed by atoms with Crippen molar-refractivity contribution in [3.63, 3.8) is 0 Å². The summed E-state index contributed by atoms with van der Waals surface area (Å²) in [6, 6.07) is 42.0. The zero-order valence-electron chi connectivity index (χ0n) is 26.4. The van der Waals surface area contributed by atoms with Crippen molar-refractivity contribution >= 4 is 56.8 Å². The van der Waals surface area contributed by atoms with Crippen molar-refractivity contribution in [2.45, 2.75) is 0 Å². The second-order valence-corrected chi connectivity index (χ2v) is 11.7. The van der Waals surface area contributed by atoms with Crippen LogP contribution in [0.3, 0.4) is 0 Å². The zero-order chi connectivity index (χ0) is 33.6. The molecule has 10 heteroatoms. The molecule has 0 saturated heterocycles. The summed E-state index contributed by atoms with van der Waals surface area (Å²) >= 11 is 0. The minimum atomic E-state index is -0.327. The number of imidazole rings is 2. The first-order valence-electron chi connectivity index (χ1n) is 16.0. The predicted octanol–water partition coefficient (Wildman–Crippen LogP) is 7.92. The van der Waals surface area contributed by atoms with Gasteiger partial charge in [-0.2, -0.15) is 0 Å². The molecule has 2 N–H and O–H groups in total. The highest BCUT2D eigenvalue weighted by Gasteiger charge is 2.22. The number of carbonyl (C=O) groups is 2. The number of hydrogen-bond acceptors (Lipinski definition) is 6. The van der Waals surface area contributed by atoms with E-state index in [1.165, 1.54) is 0 Å². The van der Waals surface area contributed by atoms with E-state index in [-0.39, 0.29) is 11.8 Å². The highest BCUT2D eigenvalue weighted by atomic mass is 16.2. The standard InChI is InChI=1S/C40H26N8O2/c49-37(29-23-41-39-45-31-15-7-9-17-33(31)47(39)35(29)25-11-3-1-4-12-25)43-27-19-21-28(22-20-27)44-38(50)30-24-42-40-46-32-16-8-10-18-34(32)48(40)36(30)26-13-5-2-6-14-26/h1-24H,(H,43,49)(H,44,50). The predicted molar refractivity (Wildman–Crippen MR) is 194 cm³/mol. The Morgan fingerprint density at radius 2 is 0.840 bits per heavy atom. The van der Waals surface area contributed by atoms with E-state index in [4.69, 9.17) is 0 Å². The summed E-state index contributed by atoms with van der Waals surface area (Å²) < 4.78 is 3.83. The Morgan fingerprint density at radius 1 is 0.460 bits per heavy atom. The average Bonchev–Trinajstić information content (AvgIpc) is 3.74. The number of hydrogen-bond donors (Lipinski definition) is 2. The summed E-state index contributed by atoms with van der Waals surface area (Å²) in [5, 5.41) is 6.01. The number of amides is 2. The minimum Gasteiger partial charge on any atom is -0.322 e. The third kappa shape index (κ3) is 4.90. The molecule has 4 heterocycles. The van der Waals surface area contributed by atoms with Crippen LogP contribution in [0.15, 0.2) is 146 Å². The minimum absolute atomic E-state index is 0.327. The number of rotatable bonds is 6. The van der Waals surface area contributed by atoms with Crippen LogP contribution in [0.1, 0.15) is 20.7 Å². The molecule has 0 radical (unpaired) electrons. The number of fused-ring (bicyclic) bond motifs is 6. The van der Waals surface area contributed by atoms with Crippen LogP contribution in [0.2, 0.25) is 0 Å². The number of aromatic nitrogens is 6. The first-order chi connectivity index (χ1) is 24.6. The van der Waals surface area contributed by atoms with Crippen molar-refractivity contribution in [2.75, 3.05) is 10.6 Å². The Balaban J connectivity index is 1.02. The van der Waals surface area contributed by atoms with E-state index < -0.39 is 0 Å². The van der Waals surface area contributed by atoms with Gasteiger partial charge in [-0.3, -0.25) is 18.4 Å². The Morgan fingerprint density at radius 3 is 1.26 bits per heavy atom. The molecule has 0 aliphatic rings. The van der Waals surface area contributed by atoms with Gasteiger partial charge in [0.05, 0.1) is 44.6 Å². The Kier molecular flexibility index (Phi) is 6.84. The highest BCUT2D eigenvalue weighted by Crippen LogP contribution is 2.31. The van der Waals surface area contributed by atoms with E-state index in [0.717, 1.165) is 33.2 Å². The molecule has 0 saturated carbocycles. The molecular formula is C40H26N8O2. The van der Waals surface area contributed by atoms with Crippen LogP contribution in [-0.4, -0.2) is 40.6 Å². The SMILES string of the molecule is O=C(Nc1ccc(NC(=O)c2cnc3nc4ccccc4n3c2-c2ccccc2)cc1)c1cnc2nc3ccccc3n2c1-c1ccccc1. The van der Waals surface area contributed by atoms with Gasteiger partial charge in [-0.05, 0) is 59.7 Å². The maximum Gasteiger partial charge on any atom is 0.259 e. The van der Waals surface area contributed by atoms with E-state index in [2.05, 4.69) is 30.6 Å². The number of carbonyl (C=O) groups excluding carboxylic acids is 2. The van der Waals surface area contributed by atoms with Crippen LogP contribution >= 0.6 is 0 Å². The molecule has 10 nitrogen and oxygen atoms in total. The van der Waals surface area contributed by atoms with Gasteiger partial charge in [-0.1, -0.05) is 84.9 Å². The number of anilines is 2. The van der Waals surface area contributed by atoms with Crippen molar-refractivity contribution in [2.24, 2.45) is 0 Å². The lowest BCUT2D eigenvalue weighted by Crippen LogP contribution is -2.17. The summed E-state index contributed by atoms with van der Waals surface area (Å²) in [5.74, 6) is 0.361. The molecule has 0 spiro atoms. The van der Waals surface area contributed by atoms with Crippen LogP contribution in [0.5, 0.6) is 0 Å². The number of benzene rings is 5. The van der Waals surface area contributed by atoms with Crippen molar-refractivity contribution in [3.05, 3.63) is 157 Å². The molecule has 50 heavy (non-hydrogen) atoms. The van der Waals surface area contributed by atoms with E-state index in [0.29, 0.717) is 45.4 Å². The topological polar surface area (TPSA) is 119 Å². The van der Waals surface area contributed by atoms with Gasteiger partial charge in [-0.15, -0.1) is 0 Å². The van der Waals surface area contributed by atoms with E-state index in [9.17, 15) is 9.59 Å². The molecule has 0 aliphatic carbocycles. The lowest BCUT2D eigenvalue weighted by atomic mass is 10.1. The lowest BCUT2D eigenvalue weighted by Gasteiger charge is -2.14. The molecule has 0 aliphatic heterocycles. The first-order valence-corrected chi connectivity index (χ1v) is 16.0. The van der Waals surface area contributed by atoms with E-state index in [1.807, 2.05) is 118 Å². The molecule has 238 valence electrons. The van der Waals surface area contributed by atoms with Gasteiger partial charge in [0.2, 0.25) is 11.6 Å². The molecular weight excluding hydrogens is 624 g/mol. The van der Waals surface area contributed by atoms with Gasteiger partial charge in [0.1, 0.15) is 0 Å². The molecule has 9 aromatic rings. The third-order valence-corrected chi connectivity index (χ3v) is 8.65. The van der Waals surface area contributed by atoms with Gasteiger partial charge < -0.3 is 10.6 Å². The van der Waals surface area contributed by atoms with Crippen molar-refractivity contribution in [3.8, 4) is 22.5 Å². The quantitative estimate of drug-likeness (QED) is 0.189. The van der Waals surface area contributed by atoms with Crippen molar-refractivity contribution in [1.82, 2.24) is 28.7 Å². The van der Waals surface area contributed by atoms with Gasteiger partial charge in [-0.25, -0.2) is 19.9 Å². The van der Waals surface area contributed by atoms with Crippen LogP contribution in [0.4, 0.5) is 11.4 Å². The lowest BCUT2D eigenvalue weighted by molar-refractivity contribution is 0.101. The molecule has 2 amide bonds. The fourth-order valence-corrected chi connectivity index (χ4v) is 6.38. The average molecular weight is 651 g/mol. The summed E-state index contributed by atoms with van der Waals surface area (Å²) in [4.78, 5) is 46.1. The van der Waals surface area contributed by atoms with Crippen LogP contribution in [-0.2, 0) is 0 Å². The largest absolute Gasteiger partial charge is 0.322 e. The normalized spacial score (nSPS) is 11.4. The van der Waals surface area contributed by atoms with Crippen LogP contribution in [0.25, 0.3) is 56.1 Å². The van der Waals surface area contributed by atoms with Gasteiger partial charge in [0.25, 0.3) is 11.8 Å². The van der Waals surface area contributed by atoms with Crippen LogP contribution in [0, 0.1) is 0 Å². The third-order valence-electron chi connectivity index (χ3n) is 8.65. The number of para-hydroxylation sites is 4. The van der Waals surface area contributed by atoms with E-state index in [1.54, 1.807) is 36.7 Å². The summed E-state index contributed by atoms with van der Waals surface area (Å²) in [7, 11) is 0. The molecule has 5 aromatic carbocycles. The molecule has 9 rings (SSSR count). The Bertz CT molecular complexity index is 2550. The van der Waals surface area contributed by atoms with Crippen molar-refractivity contribution < 1.29 is 9.59 Å². The molecule has 0 atom stereocenters. The Hall–Kier alpha value is -7.20. The second-order valence-electron chi connectivity index (χ2n) is 11.7. The summed E-state index contributed by atoms with van der Waals surface area (Å²) in [5.41, 5.74) is 8.29. The maximum absolute atomic E-state index is 13.8. The highest BCUT2D eigenvalue weighted by molar-refractivity contribution is 6.10. The summed E-state index contributed by atoms with van der Waals surface area (Å²) in [6.07, 6.45) is 3.12. The van der Waals surface area contributed by atoms with Gasteiger partial charge in [0, 0.05) is 23.8 Å². The number of nitrogens with one attached hydrogen (secondary N) is 2. The smallest absolute Gasteiger partial charge is 0.259 e. The molecule has 0 bridgehead atoms.